The first-order chi connectivity index (χ1) is 19.0. The van der Waals surface area contributed by atoms with Gasteiger partial charge in [0.15, 0.2) is 11.0 Å². The molecule has 196 valence electrons. The average molecular weight is 540 g/mol. The molecule has 10 heteroatoms. The van der Waals surface area contributed by atoms with Gasteiger partial charge in [0.25, 0.3) is 0 Å². The number of nitrogens with one attached hydrogen (secondary N) is 3. The molecule has 0 aliphatic heterocycles. The Hall–Kier alpha value is -4.18. The van der Waals surface area contributed by atoms with E-state index in [4.69, 9.17) is 4.98 Å². The predicted molar refractivity (Wildman–Crippen MR) is 150 cm³/mol. The Morgan fingerprint density at radius 1 is 1.18 bits per heavy atom. The quantitative estimate of drug-likeness (QED) is 0.237. The van der Waals surface area contributed by atoms with E-state index in [-0.39, 0.29) is 17.0 Å². The molecule has 1 saturated carbocycles. The van der Waals surface area contributed by atoms with Gasteiger partial charge in [-0.3, -0.25) is 19.9 Å². The Labute approximate surface area is 227 Å². The Kier molecular flexibility index (Phi) is 5.66. The Morgan fingerprint density at radius 3 is 2.87 bits per heavy atom. The SMILES string of the molecule is CC1(c2ccc(F)s2)CC=Cc2nc(-c3n[nH]c4cnc(-c5cncc(NC(=O)C6CCCC6)c5)cc34)[nH]c21. The molecule has 1 fully saturated rings. The molecule has 39 heavy (non-hydrogen) atoms. The molecular formula is C29H26FN7OS. The molecule has 5 heterocycles. The number of aromatic nitrogens is 6. The number of allylic oxidation sites excluding steroid dienone is 1. The molecule has 1 amide bonds. The van der Waals surface area contributed by atoms with E-state index in [2.05, 4.69) is 43.5 Å². The van der Waals surface area contributed by atoms with Gasteiger partial charge in [0, 0.05) is 33.4 Å². The molecule has 0 aromatic carbocycles. The molecule has 3 N–H and O–H groups in total. The smallest absolute Gasteiger partial charge is 0.227 e. The maximum atomic E-state index is 13.9. The summed E-state index contributed by atoms with van der Waals surface area (Å²) in [4.78, 5) is 30.9. The van der Waals surface area contributed by atoms with Crippen molar-refractivity contribution in [3.8, 4) is 22.8 Å². The molecule has 5 aromatic rings. The fourth-order valence-corrected chi connectivity index (χ4v) is 6.61. The number of H-pyrrole nitrogens is 2. The average Bonchev–Trinajstić information content (AvgIpc) is 3.75. The summed E-state index contributed by atoms with van der Waals surface area (Å²) in [5.41, 5.74) is 4.99. The largest absolute Gasteiger partial charge is 0.339 e. The number of halogens is 1. The van der Waals surface area contributed by atoms with Gasteiger partial charge in [0.05, 0.1) is 40.7 Å². The zero-order valence-electron chi connectivity index (χ0n) is 21.3. The van der Waals surface area contributed by atoms with E-state index in [1.807, 2.05) is 24.3 Å². The van der Waals surface area contributed by atoms with Crippen LogP contribution < -0.4 is 5.32 Å². The summed E-state index contributed by atoms with van der Waals surface area (Å²) in [6, 6.07) is 7.22. The summed E-state index contributed by atoms with van der Waals surface area (Å²) < 4.78 is 13.9. The summed E-state index contributed by atoms with van der Waals surface area (Å²) in [6.07, 6.45) is 14.1. The molecule has 5 aromatic heterocycles. The minimum atomic E-state index is -0.405. The third-order valence-electron chi connectivity index (χ3n) is 7.90. The number of hydrogen-bond acceptors (Lipinski definition) is 6. The van der Waals surface area contributed by atoms with Gasteiger partial charge in [-0.15, -0.1) is 11.3 Å². The molecule has 0 radical (unpaired) electrons. The summed E-state index contributed by atoms with van der Waals surface area (Å²) >= 11 is 1.17. The number of aromatic amines is 2. The van der Waals surface area contributed by atoms with Crippen molar-refractivity contribution in [1.29, 1.82) is 0 Å². The van der Waals surface area contributed by atoms with Crippen LogP contribution in [0.4, 0.5) is 10.1 Å². The van der Waals surface area contributed by atoms with Crippen LogP contribution in [-0.2, 0) is 10.2 Å². The van der Waals surface area contributed by atoms with Crippen LogP contribution in [-0.4, -0.2) is 36.0 Å². The predicted octanol–water partition coefficient (Wildman–Crippen LogP) is 6.46. The van der Waals surface area contributed by atoms with Crippen LogP contribution in [0.15, 0.2) is 48.9 Å². The molecule has 0 saturated heterocycles. The molecule has 1 unspecified atom stereocenters. The lowest BCUT2D eigenvalue weighted by molar-refractivity contribution is -0.119. The molecule has 2 aliphatic carbocycles. The summed E-state index contributed by atoms with van der Waals surface area (Å²) in [6.45, 7) is 2.11. The summed E-state index contributed by atoms with van der Waals surface area (Å²) in [5.74, 6) is 0.764. The van der Waals surface area contributed by atoms with Gasteiger partial charge in [0.1, 0.15) is 5.69 Å². The first-order valence-corrected chi connectivity index (χ1v) is 13.9. The lowest BCUT2D eigenvalue weighted by Crippen LogP contribution is -2.25. The summed E-state index contributed by atoms with van der Waals surface area (Å²) in [7, 11) is 0. The fraction of sp³-hybridized carbons (Fsp3) is 0.276. The normalized spacial score (nSPS) is 19.0. The van der Waals surface area contributed by atoms with Crippen LogP contribution in [0.1, 0.15) is 55.3 Å². The third kappa shape index (κ3) is 4.15. The molecule has 8 nitrogen and oxygen atoms in total. The highest BCUT2D eigenvalue weighted by molar-refractivity contribution is 7.10. The van der Waals surface area contributed by atoms with Crippen molar-refractivity contribution >= 4 is 39.9 Å². The summed E-state index contributed by atoms with van der Waals surface area (Å²) in [5, 5.41) is 11.3. The highest BCUT2D eigenvalue weighted by Crippen LogP contribution is 2.43. The second-order valence-electron chi connectivity index (χ2n) is 10.5. The monoisotopic (exact) mass is 539 g/mol. The van der Waals surface area contributed by atoms with Gasteiger partial charge < -0.3 is 10.3 Å². The van der Waals surface area contributed by atoms with Crippen LogP contribution in [0.25, 0.3) is 39.8 Å². The number of hydrogen-bond donors (Lipinski definition) is 3. The van der Waals surface area contributed by atoms with Gasteiger partial charge >= 0.3 is 0 Å². The lowest BCUT2D eigenvalue weighted by atomic mass is 9.78. The van der Waals surface area contributed by atoms with Crippen LogP contribution in [0.2, 0.25) is 0 Å². The van der Waals surface area contributed by atoms with Gasteiger partial charge in [-0.1, -0.05) is 18.9 Å². The van der Waals surface area contributed by atoms with E-state index in [0.717, 1.165) is 64.8 Å². The van der Waals surface area contributed by atoms with Crippen molar-refractivity contribution in [2.75, 3.05) is 5.32 Å². The number of imidazole rings is 1. The van der Waals surface area contributed by atoms with Gasteiger partial charge in [0.2, 0.25) is 5.91 Å². The van der Waals surface area contributed by atoms with E-state index in [9.17, 15) is 9.18 Å². The number of thiophene rings is 1. The molecule has 1 atom stereocenters. The topological polar surface area (TPSA) is 112 Å². The molecule has 0 bridgehead atoms. The number of carbonyl (C=O) groups is 1. The van der Waals surface area contributed by atoms with Crippen molar-refractivity contribution in [2.24, 2.45) is 5.92 Å². The van der Waals surface area contributed by atoms with Crippen LogP contribution >= 0.6 is 11.3 Å². The van der Waals surface area contributed by atoms with Crippen molar-refractivity contribution in [1.82, 2.24) is 30.1 Å². The number of anilines is 1. The number of nitrogens with zero attached hydrogens (tertiary/aromatic N) is 4. The van der Waals surface area contributed by atoms with E-state index in [1.165, 1.54) is 17.4 Å². The van der Waals surface area contributed by atoms with Crippen LogP contribution in [0.3, 0.4) is 0 Å². The number of pyridine rings is 2. The van der Waals surface area contributed by atoms with E-state index in [0.29, 0.717) is 22.9 Å². The van der Waals surface area contributed by atoms with Crippen molar-refractivity contribution < 1.29 is 9.18 Å². The van der Waals surface area contributed by atoms with Gasteiger partial charge in [-0.2, -0.15) is 9.49 Å². The number of carbonyl (C=O) groups excluding carboxylic acids is 1. The molecule has 0 spiro atoms. The number of fused-ring (bicyclic) bond motifs is 2. The highest BCUT2D eigenvalue weighted by Gasteiger charge is 2.36. The van der Waals surface area contributed by atoms with E-state index in [1.54, 1.807) is 18.6 Å². The Bertz CT molecular complexity index is 1750. The second kappa shape index (κ2) is 9.23. The van der Waals surface area contributed by atoms with Crippen LogP contribution in [0, 0.1) is 11.0 Å². The van der Waals surface area contributed by atoms with E-state index < -0.39 is 5.41 Å². The van der Waals surface area contributed by atoms with Crippen molar-refractivity contribution in [3.63, 3.8) is 0 Å². The minimum absolute atomic E-state index is 0.0557. The van der Waals surface area contributed by atoms with E-state index >= 15 is 0 Å². The number of rotatable bonds is 5. The fourth-order valence-electron chi connectivity index (χ4n) is 5.72. The highest BCUT2D eigenvalue weighted by atomic mass is 32.1. The standard InChI is InChI=1S/C29H26FN7OS/c1-29(23-8-9-24(30)39-23)10-4-7-20-26(29)35-27(34-20)25-19-12-21(32-15-22(19)36-37-25)17-11-18(14-31-13-17)33-28(38)16-5-2-3-6-16/h4,7-9,11-16H,2-3,5-6,10H2,1H3,(H,33,38)(H,34,35)(H,36,37). The maximum Gasteiger partial charge on any atom is 0.227 e. The zero-order chi connectivity index (χ0) is 26.6. The minimum Gasteiger partial charge on any atom is -0.339 e. The van der Waals surface area contributed by atoms with Gasteiger partial charge in [-0.25, -0.2) is 4.98 Å². The number of amides is 1. The lowest BCUT2D eigenvalue weighted by Gasteiger charge is -2.29. The van der Waals surface area contributed by atoms with Crippen molar-refractivity contribution in [3.05, 3.63) is 70.3 Å². The maximum absolute atomic E-state index is 13.9. The zero-order valence-corrected chi connectivity index (χ0v) is 22.1. The van der Waals surface area contributed by atoms with Crippen LogP contribution in [0.5, 0.6) is 0 Å². The molecule has 2 aliphatic rings. The van der Waals surface area contributed by atoms with Gasteiger partial charge in [-0.05, 0) is 56.5 Å². The first kappa shape index (κ1) is 23.9. The third-order valence-corrected chi connectivity index (χ3v) is 9.04. The molecular weight excluding hydrogens is 513 g/mol. The first-order valence-electron chi connectivity index (χ1n) is 13.1. The second-order valence-corrected chi connectivity index (χ2v) is 11.5. The molecule has 7 rings (SSSR count). The van der Waals surface area contributed by atoms with Crippen molar-refractivity contribution in [2.45, 2.75) is 44.4 Å². The Balaban J connectivity index is 1.23. The Morgan fingerprint density at radius 2 is 2.05 bits per heavy atom.